The van der Waals surface area contributed by atoms with E-state index in [2.05, 4.69) is 5.32 Å². The molecule has 0 spiro atoms. The Labute approximate surface area is 168 Å². The first-order chi connectivity index (χ1) is 13.6. The molecular formula is C19H21N3O6S. The van der Waals surface area contributed by atoms with Crippen molar-refractivity contribution in [1.82, 2.24) is 4.31 Å². The van der Waals surface area contributed by atoms with E-state index in [1.807, 2.05) is 0 Å². The fourth-order valence-corrected chi connectivity index (χ4v) is 3.75. The predicted molar refractivity (Wildman–Crippen MR) is 107 cm³/mol. The summed E-state index contributed by atoms with van der Waals surface area (Å²) >= 11 is 0. The number of rotatable bonds is 9. The Morgan fingerprint density at radius 1 is 1.14 bits per heavy atom. The van der Waals surface area contributed by atoms with Crippen molar-refractivity contribution in [3.8, 4) is 0 Å². The summed E-state index contributed by atoms with van der Waals surface area (Å²) in [4.78, 5) is 33.6. The number of ketones is 1. The Balaban J connectivity index is 1.90. The molecule has 0 saturated heterocycles. The molecule has 1 N–H and O–H groups in total. The van der Waals surface area contributed by atoms with Crippen molar-refractivity contribution in [3.63, 3.8) is 0 Å². The topological polar surface area (TPSA) is 127 Å². The summed E-state index contributed by atoms with van der Waals surface area (Å²) < 4.78 is 26.3. The van der Waals surface area contributed by atoms with Gasteiger partial charge in [0.2, 0.25) is 15.9 Å². The monoisotopic (exact) mass is 419 g/mol. The molecule has 0 bridgehead atoms. The highest BCUT2D eigenvalue weighted by atomic mass is 32.2. The van der Waals surface area contributed by atoms with Gasteiger partial charge in [0.05, 0.1) is 9.82 Å². The summed E-state index contributed by atoms with van der Waals surface area (Å²) in [5.41, 5.74) is 0.588. The van der Waals surface area contributed by atoms with Gasteiger partial charge in [-0.15, -0.1) is 0 Å². The minimum Gasteiger partial charge on any atom is -0.326 e. The van der Waals surface area contributed by atoms with Gasteiger partial charge in [-0.2, -0.15) is 0 Å². The number of nitro groups is 1. The summed E-state index contributed by atoms with van der Waals surface area (Å²) in [6.45, 7) is 1.51. The summed E-state index contributed by atoms with van der Waals surface area (Å²) in [6.07, 6.45) is 0.313. The molecule has 0 aliphatic heterocycles. The molecule has 9 nitrogen and oxygen atoms in total. The lowest BCUT2D eigenvalue weighted by molar-refractivity contribution is -0.384. The van der Waals surface area contributed by atoms with Gasteiger partial charge in [0.15, 0.2) is 5.78 Å². The minimum atomic E-state index is -3.74. The number of carbonyl (C=O) groups is 2. The highest BCUT2D eigenvalue weighted by Gasteiger charge is 2.21. The number of carbonyl (C=O) groups excluding carboxylic acids is 2. The molecule has 0 atom stereocenters. The van der Waals surface area contributed by atoms with Crippen LogP contribution in [0.1, 0.15) is 30.1 Å². The average molecular weight is 419 g/mol. The first-order valence-corrected chi connectivity index (χ1v) is 10.2. The quantitative estimate of drug-likeness (QED) is 0.378. The molecule has 29 heavy (non-hydrogen) atoms. The van der Waals surface area contributed by atoms with Crippen LogP contribution in [0.15, 0.2) is 53.4 Å². The second kappa shape index (κ2) is 9.39. The Hall–Kier alpha value is -3.11. The number of nitrogens with one attached hydrogen (secondary N) is 1. The fourth-order valence-electron chi connectivity index (χ4n) is 2.54. The second-order valence-electron chi connectivity index (χ2n) is 6.37. The van der Waals surface area contributed by atoms with Crippen LogP contribution in [-0.4, -0.2) is 42.9 Å². The van der Waals surface area contributed by atoms with Crippen molar-refractivity contribution in [3.05, 3.63) is 64.2 Å². The van der Waals surface area contributed by atoms with E-state index in [9.17, 15) is 28.1 Å². The Kier molecular flexibility index (Phi) is 7.18. The molecule has 0 aliphatic rings. The van der Waals surface area contributed by atoms with Crippen LogP contribution in [0.2, 0.25) is 0 Å². The van der Waals surface area contributed by atoms with E-state index in [1.165, 1.54) is 62.5 Å². The van der Waals surface area contributed by atoms with Crippen LogP contribution < -0.4 is 5.32 Å². The summed E-state index contributed by atoms with van der Waals surface area (Å²) in [7, 11) is -2.33. The van der Waals surface area contributed by atoms with E-state index in [-0.39, 0.29) is 41.7 Å². The predicted octanol–water partition coefficient (Wildman–Crippen LogP) is 2.84. The molecule has 2 rings (SSSR count). The third-order valence-electron chi connectivity index (χ3n) is 4.19. The van der Waals surface area contributed by atoms with Crippen molar-refractivity contribution in [2.45, 2.75) is 24.7 Å². The highest BCUT2D eigenvalue weighted by Crippen LogP contribution is 2.18. The smallest absolute Gasteiger partial charge is 0.271 e. The molecule has 0 fully saturated rings. The van der Waals surface area contributed by atoms with E-state index in [0.29, 0.717) is 11.3 Å². The number of nitrogens with zero attached hydrogens (tertiary/aromatic N) is 2. The van der Waals surface area contributed by atoms with Gasteiger partial charge in [0.1, 0.15) is 0 Å². The lowest BCUT2D eigenvalue weighted by Crippen LogP contribution is -2.28. The van der Waals surface area contributed by atoms with Gasteiger partial charge >= 0.3 is 0 Å². The van der Waals surface area contributed by atoms with Gasteiger partial charge in [-0.1, -0.05) is 18.2 Å². The summed E-state index contributed by atoms with van der Waals surface area (Å²) in [6, 6.07) is 11.2. The zero-order valence-electron chi connectivity index (χ0n) is 16.0. The van der Waals surface area contributed by atoms with Crippen LogP contribution in [0, 0.1) is 10.1 Å². The molecule has 0 radical (unpaired) electrons. The summed E-state index contributed by atoms with van der Waals surface area (Å²) in [5, 5.41) is 13.3. The zero-order valence-corrected chi connectivity index (χ0v) is 16.8. The molecule has 0 unspecified atom stereocenters. The number of nitro benzene ring substituents is 1. The molecule has 154 valence electrons. The Morgan fingerprint density at radius 3 is 2.38 bits per heavy atom. The minimum absolute atomic E-state index is 0.0474. The molecule has 2 aromatic rings. The number of non-ortho nitro benzene ring substituents is 1. The number of hydrogen-bond acceptors (Lipinski definition) is 6. The Bertz CT molecular complexity index is 1020. The van der Waals surface area contributed by atoms with Crippen LogP contribution in [0.25, 0.3) is 0 Å². The molecule has 0 saturated carbocycles. The van der Waals surface area contributed by atoms with Gasteiger partial charge in [-0.05, 0) is 31.5 Å². The molecule has 2 aromatic carbocycles. The third kappa shape index (κ3) is 5.93. The van der Waals surface area contributed by atoms with Crippen molar-refractivity contribution in [2.75, 3.05) is 18.9 Å². The number of anilines is 1. The number of hydrogen-bond donors (Lipinski definition) is 1. The second-order valence-corrected chi connectivity index (χ2v) is 8.41. The van der Waals surface area contributed by atoms with Crippen molar-refractivity contribution >= 4 is 33.1 Å². The van der Waals surface area contributed by atoms with Crippen LogP contribution in [0.4, 0.5) is 11.4 Å². The van der Waals surface area contributed by atoms with Crippen molar-refractivity contribution < 1.29 is 22.9 Å². The van der Waals surface area contributed by atoms with Crippen molar-refractivity contribution in [2.24, 2.45) is 0 Å². The lowest BCUT2D eigenvalue weighted by Gasteiger charge is -2.17. The molecular weight excluding hydrogens is 398 g/mol. The maximum atomic E-state index is 12.6. The standard InChI is InChI=1S/C19H21N3O6S/c1-14(23)15-8-10-18(11-9-15)29(27,28)21(2)12-4-7-19(24)20-16-5-3-6-17(13-16)22(25)26/h3,5-6,8-11,13H,4,7,12H2,1-2H3,(H,20,24). The average Bonchev–Trinajstić information content (AvgIpc) is 2.68. The van der Waals surface area contributed by atoms with Gasteiger partial charge < -0.3 is 5.32 Å². The van der Waals surface area contributed by atoms with Gasteiger partial charge in [0.25, 0.3) is 5.69 Å². The van der Waals surface area contributed by atoms with E-state index >= 15 is 0 Å². The lowest BCUT2D eigenvalue weighted by atomic mass is 10.2. The van der Waals surface area contributed by atoms with Crippen LogP contribution in [0.5, 0.6) is 0 Å². The molecule has 0 aliphatic carbocycles. The molecule has 1 amide bonds. The number of sulfonamides is 1. The fraction of sp³-hybridized carbons (Fsp3) is 0.263. The van der Waals surface area contributed by atoms with Crippen molar-refractivity contribution in [1.29, 1.82) is 0 Å². The maximum Gasteiger partial charge on any atom is 0.271 e. The SMILES string of the molecule is CC(=O)c1ccc(S(=O)(=O)N(C)CCCC(=O)Nc2cccc([N+](=O)[O-])c2)cc1. The number of amides is 1. The first kappa shape index (κ1) is 22.2. The van der Waals surface area contributed by atoms with Gasteiger partial charge in [-0.3, -0.25) is 19.7 Å². The first-order valence-electron chi connectivity index (χ1n) is 8.73. The van der Waals surface area contributed by atoms with Gasteiger partial charge in [0, 0.05) is 43.4 Å². The normalized spacial score (nSPS) is 11.3. The maximum absolute atomic E-state index is 12.6. The van der Waals surface area contributed by atoms with Crippen LogP contribution >= 0.6 is 0 Å². The molecule has 0 heterocycles. The highest BCUT2D eigenvalue weighted by molar-refractivity contribution is 7.89. The number of benzene rings is 2. The zero-order chi connectivity index (χ0) is 21.6. The van der Waals surface area contributed by atoms with Crippen LogP contribution in [-0.2, 0) is 14.8 Å². The third-order valence-corrected chi connectivity index (χ3v) is 6.06. The summed E-state index contributed by atoms with van der Waals surface area (Å²) in [5.74, 6) is -0.529. The number of Topliss-reactive ketones (excluding diaryl/α,β-unsaturated/α-hetero) is 1. The Morgan fingerprint density at radius 2 is 1.79 bits per heavy atom. The van der Waals surface area contributed by atoms with E-state index < -0.39 is 14.9 Å². The van der Waals surface area contributed by atoms with E-state index in [4.69, 9.17) is 0 Å². The molecule has 0 aromatic heterocycles. The van der Waals surface area contributed by atoms with E-state index in [1.54, 1.807) is 0 Å². The van der Waals surface area contributed by atoms with Gasteiger partial charge in [-0.25, -0.2) is 12.7 Å². The largest absolute Gasteiger partial charge is 0.326 e. The van der Waals surface area contributed by atoms with E-state index in [0.717, 1.165) is 4.31 Å². The van der Waals surface area contributed by atoms with Crippen LogP contribution in [0.3, 0.4) is 0 Å². The molecule has 10 heteroatoms.